The molecule has 0 amide bonds. The van der Waals surface area contributed by atoms with Crippen LogP contribution >= 0.6 is 0 Å². The Kier molecular flexibility index (Phi) is 6.31. The summed E-state index contributed by atoms with van der Waals surface area (Å²) in [5.74, 6) is 0.906. The molecule has 0 N–H and O–H groups in total. The van der Waals surface area contributed by atoms with Crippen molar-refractivity contribution in [1.82, 2.24) is 4.90 Å². The van der Waals surface area contributed by atoms with Gasteiger partial charge in [0, 0.05) is 6.04 Å². The molecule has 2 atom stereocenters. The minimum atomic E-state index is 0.879. The van der Waals surface area contributed by atoms with E-state index in [1.54, 1.807) is 0 Å². The van der Waals surface area contributed by atoms with Crippen LogP contribution in [-0.4, -0.2) is 24.0 Å². The topological polar surface area (TPSA) is 3.24 Å². The second-order valence-electron chi connectivity index (χ2n) is 5.22. The van der Waals surface area contributed by atoms with E-state index in [9.17, 15) is 0 Å². The maximum atomic E-state index is 2.75. The third-order valence-electron chi connectivity index (χ3n) is 3.86. The largest absolute Gasteiger partial charge is 0.300 e. The highest BCUT2D eigenvalue weighted by Crippen LogP contribution is 2.24. The van der Waals surface area contributed by atoms with E-state index >= 15 is 0 Å². The van der Waals surface area contributed by atoms with Crippen LogP contribution in [0.5, 0.6) is 0 Å². The molecule has 15 heavy (non-hydrogen) atoms. The van der Waals surface area contributed by atoms with E-state index in [4.69, 9.17) is 0 Å². The number of nitrogens with zero attached hydrogens (tertiary/aromatic N) is 1. The van der Waals surface area contributed by atoms with E-state index in [-0.39, 0.29) is 0 Å². The minimum Gasteiger partial charge on any atom is -0.300 e. The highest BCUT2D eigenvalue weighted by molar-refractivity contribution is 4.80. The van der Waals surface area contributed by atoms with Gasteiger partial charge in [0.2, 0.25) is 0 Å². The Bertz CT molecular complexity index is 149. The van der Waals surface area contributed by atoms with Gasteiger partial charge < -0.3 is 4.90 Å². The summed E-state index contributed by atoms with van der Waals surface area (Å²) in [6, 6.07) is 0.879. The molecule has 90 valence electrons. The van der Waals surface area contributed by atoms with Gasteiger partial charge in [0.05, 0.1) is 0 Å². The molecule has 0 aromatic heterocycles. The first-order valence-electron chi connectivity index (χ1n) is 7.03. The fourth-order valence-corrected chi connectivity index (χ4v) is 2.91. The molecule has 0 saturated carbocycles. The highest BCUT2D eigenvalue weighted by atomic mass is 15.2. The molecular formula is C14H29N. The average Bonchev–Trinajstić information content (AvgIpc) is 2.75. The second kappa shape index (κ2) is 7.27. The van der Waals surface area contributed by atoms with Crippen molar-refractivity contribution in [3.05, 3.63) is 0 Å². The lowest BCUT2D eigenvalue weighted by atomic mass is 9.91. The molecule has 1 nitrogen and oxygen atoms in total. The van der Waals surface area contributed by atoms with Crippen molar-refractivity contribution in [2.24, 2.45) is 5.92 Å². The molecule has 1 rings (SSSR count). The zero-order valence-electron chi connectivity index (χ0n) is 11.0. The molecule has 1 heteroatoms. The van der Waals surface area contributed by atoms with Crippen LogP contribution in [0.15, 0.2) is 0 Å². The Morgan fingerprint density at radius 1 is 1.00 bits per heavy atom. The van der Waals surface area contributed by atoms with Crippen LogP contribution in [0.2, 0.25) is 0 Å². The predicted molar refractivity (Wildman–Crippen MR) is 68.2 cm³/mol. The lowest BCUT2D eigenvalue weighted by Gasteiger charge is -2.32. The first kappa shape index (κ1) is 13.0. The van der Waals surface area contributed by atoms with E-state index in [0.717, 1.165) is 12.0 Å². The minimum absolute atomic E-state index is 0.879. The third kappa shape index (κ3) is 4.14. The molecular weight excluding hydrogens is 182 g/mol. The summed E-state index contributed by atoms with van der Waals surface area (Å²) in [5.41, 5.74) is 0. The van der Waals surface area contributed by atoms with Crippen molar-refractivity contribution < 1.29 is 0 Å². The smallest absolute Gasteiger partial charge is 0.0121 e. The molecule has 1 saturated heterocycles. The SMILES string of the molecule is CCCC[C@@H](C)C(CCC)N1CCCC1. The zero-order chi connectivity index (χ0) is 11.1. The van der Waals surface area contributed by atoms with Gasteiger partial charge in [0.15, 0.2) is 0 Å². The number of likely N-dealkylation sites (tertiary alicyclic amines) is 1. The summed E-state index contributed by atoms with van der Waals surface area (Å²) in [7, 11) is 0. The Hall–Kier alpha value is -0.0400. The van der Waals surface area contributed by atoms with Crippen LogP contribution in [0.25, 0.3) is 0 Å². The lowest BCUT2D eigenvalue weighted by Crippen LogP contribution is -2.37. The molecule has 1 aliphatic heterocycles. The van der Waals surface area contributed by atoms with Gasteiger partial charge in [-0.05, 0) is 44.7 Å². The van der Waals surface area contributed by atoms with Gasteiger partial charge in [-0.3, -0.25) is 0 Å². The summed E-state index contributed by atoms with van der Waals surface area (Å²) in [6.45, 7) is 9.82. The van der Waals surface area contributed by atoms with Gasteiger partial charge >= 0.3 is 0 Å². The molecule has 0 aromatic carbocycles. The van der Waals surface area contributed by atoms with E-state index < -0.39 is 0 Å². The molecule has 0 aromatic rings. The summed E-state index contributed by atoms with van der Waals surface area (Å²) in [4.78, 5) is 2.75. The fourth-order valence-electron chi connectivity index (χ4n) is 2.91. The summed E-state index contributed by atoms with van der Waals surface area (Å²) in [6.07, 6.45) is 9.81. The maximum Gasteiger partial charge on any atom is 0.0121 e. The van der Waals surface area contributed by atoms with E-state index in [0.29, 0.717) is 0 Å². The van der Waals surface area contributed by atoms with Gasteiger partial charge in [-0.15, -0.1) is 0 Å². The summed E-state index contributed by atoms with van der Waals surface area (Å²) < 4.78 is 0. The van der Waals surface area contributed by atoms with E-state index in [1.807, 2.05) is 0 Å². The molecule has 1 aliphatic rings. The first-order chi connectivity index (χ1) is 7.29. The molecule has 1 heterocycles. The Balaban J connectivity index is 2.39. The normalized spacial score (nSPS) is 21.8. The zero-order valence-corrected chi connectivity index (χ0v) is 11.0. The van der Waals surface area contributed by atoms with Crippen LogP contribution in [0.1, 0.15) is 65.7 Å². The fraction of sp³-hybridized carbons (Fsp3) is 1.00. The number of hydrogen-bond acceptors (Lipinski definition) is 1. The molecule has 0 spiro atoms. The van der Waals surface area contributed by atoms with Crippen LogP contribution in [0, 0.1) is 5.92 Å². The van der Waals surface area contributed by atoms with Crippen molar-refractivity contribution >= 4 is 0 Å². The molecule has 0 radical (unpaired) electrons. The van der Waals surface area contributed by atoms with Crippen molar-refractivity contribution in [3.8, 4) is 0 Å². The van der Waals surface area contributed by atoms with Crippen LogP contribution in [0.3, 0.4) is 0 Å². The van der Waals surface area contributed by atoms with E-state index in [2.05, 4.69) is 25.7 Å². The number of unbranched alkanes of at least 4 members (excludes halogenated alkanes) is 1. The molecule has 1 unspecified atom stereocenters. The lowest BCUT2D eigenvalue weighted by molar-refractivity contribution is 0.163. The number of hydrogen-bond donors (Lipinski definition) is 0. The van der Waals surface area contributed by atoms with Gasteiger partial charge in [0.1, 0.15) is 0 Å². The highest BCUT2D eigenvalue weighted by Gasteiger charge is 2.25. The standard InChI is InChI=1S/C14H29N/c1-4-6-10-13(3)14(9-5-2)15-11-7-8-12-15/h13-14H,4-12H2,1-3H3/t13-,14?/m1/s1. The Morgan fingerprint density at radius 3 is 2.20 bits per heavy atom. The predicted octanol–water partition coefficient (Wildman–Crippen LogP) is 4.08. The Morgan fingerprint density at radius 2 is 1.67 bits per heavy atom. The number of rotatable bonds is 7. The second-order valence-corrected chi connectivity index (χ2v) is 5.22. The average molecular weight is 211 g/mol. The Labute approximate surface area is 96.2 Å². The van der Waals surface area contributed by atoms with Crippen LogP contribution in [0.4, 0.5) is 0 Å². The van der Waals surface area contributed by atoms with Gasteiger partial charge in [-0.25, -0.2) is 0 Å². The molecule has 1 fully saturated rings. The molecule has 0 aliphatic carbocycles. The van der Waals surface area contributed by atoms with Crippen molar-refractivity contribution in [3.63, 3.8) is 0 Å². The van der Waals surface area contributed by atoms with Gasteiger partial charge in [-0.1, -0.05) is 40.0 Å². The van der Waals surface area contributed by atoms with Crippen molar-refractivity contribution in [2.45, 2.75) is 71.8 Å². The van der Waals surface area contributed by atoms with Crippen molar-refractivity contribution in [1.29, 1.82) is 0 Å². The van der Waals surface area contributed by atoms with Crippen molar-refractivity contribution in [2.75, 3.05) is 13.1 Å². The van der Waals surface area contributed by atoms with Crippen LogP contribution < -0.4 is 0 Å². The maximum absolute atomic E-state index is 2.75. The first-order valence-corrected chi connectivity index (χ1v) is 7.03. The quantitative estimate of drug-likeness (QED) is 0.613. The van der Waals surface area contributed by atoms with E-state index in [1.165, 1.54) is 58.0 Å². The third-order valence-corrected chi connectivity index (χ3v) is 3.86. The van der Waals surface area contributed by atoms with Gasteiger partial charge in [-0.2, -0.15) is 0 Å². The van der Waals surface area contributed by atoms with Crippen LogP contribution in [-0.2, 0) is 0 Å². The summed E-state index contributed by atoms with van der Waals surface area (Å²) >= 11 is 0. The monoisotopic (exact) mass is 211 g/mol. The summed E-state index contributed by atoms with van der Waals surface area (Å²) in [5, 5.41) is 0. The molecule has 0 bridgehead atoms. The van der Waals surface area contributed by atoms with Gasteiger partial charge in [0.25, 0.3) is 0 Å².